The molecule has 0 bridgehead atoms. The molecule has 2 N–H and O–H groups in total. The Kier molecular flexibility index (Phi) is 4.20. The summed E-state index contributed by atoms with van der Waals surface area (Å²) in [6.45, 7) is 5.01. The van der Waals surface area contributed by atoms with Crippen molar-refractivity contribution in [3.8, 4) is 0 Å². The highest BCUT2D eigenvalue weighted by Crippen LogP contribution is 2.26. The molecule has 0 atom stereocenters. The van der Waals surface area contributed by atoms with E-state index in [1.807, 2.05) is 24.3 Å². The first-order chi connectivity index (χ1) is 8.70. The number of halogens is 1. The summed E-state index contributed by atoms with van der Waals surface area (Å²) in [5, 5.41) is 6.60. The lowest BCUT2D eigenvalue weighted by Crippen LogP contribution is -2.00. The first kappa shape index (κ1) is 12.9. The molecular formula is C14H16BrN3. The summed E-state index contributed by atoms with van der Waals surface area (Å²) < 4.78 is 1.11. The Morgan fingerprint density at radius 2 is 2.11 bits per heavy atom. The standard InChI is InChI=1S/C14H16BrN3/c1-3-16-14-9-11(7-8-17-14)18-13-6-4-5-12(15)10(13)2/h4-9H,3H2,1-2H3,(H2,16,17,18). The molecule has 1 aromatic carbocycles. The van der Waals surface area contributed by atoms with Crippen LogP contribution < -0.4 is 10.6 Å². The van der Waals surface area contributed by atoms with Crippen LogP contribution in [-0.2, 0) is 0 Å². The molecule has 0 saturated heterocycles. The van der Waals surface area contributed by atoms with E-state index in [0.717, 1.165) is 28.2 Å². The van der Waals surface area contributed by atoms with Gasteiger partial charge in [0.25, 0.3) is 0 Å². The highest BCUT2D eigenvalue weighted by Gasteiger charge is 2.02. The molecule has 18 heavy (non-hydrogen) atoms. The maximum absolute atomic E-state index is 4.25. The van der Waals surface area contributed by atoms with Crippen LogP contribution in [0.4, 0.5) is 17.2 Å². The Bertz CT molecular complexity index is 540. The maximum atomic E-state index is 4.25. The second-order valence-corrected chi connectivity index (χ2v) is 4.85. The lowest BCUT2D eigenvalue weighted by atomic mass is 10.2. The molecule has 3 nitrogen and oxygen atoms in total. The van der Waals surface area contributed by atoms with Gasteiger partial charge in [0.2, 0.25) is 0 Å². The molecule has 0 saturated carbocycles. The van der Waals surface area contributed by atoms with Gasteiger partial charge in [-0.15, -0.1) is 0 Å². The summed E-state index contributed by atoms with van der Waals surface area (Å²) in [7, 11) is 0. The average Bonchev–Trinajstić information content (AvgIpc) is 2.36. The zero-order valence-electron chi connectivity index (χ0n) is 10.5. The molecule has 0 radical (unpaired) electrons. The van der Waals surface area contributed by atoms with Crippen LogP contribution in [0.5, 0.6) is 0 Å². The summed E-state index contributed by atoms with van der Waals surface area (Å²) in [6.07, 6.45) is 1.80. The number of anilines is 3. The van der Waals surface area contributed by atoms with Crippen LogP contribution in [0.2, 0.25) is 0 Å². The number of pyridine rings is 1. The van der Waals surface area contributed by atoms with Crippen molar-refractivity contribution in [2.75, 3.05) is 17.2 Å². The number of hydrogen-bond acceptors (Lipinski definition) is 3. The fourth-order valence-corrected chi connectivity index (χ4v) is 2.05. The van der Waals surface area contributed by atoms with E-state index in [4.69, 9.17) is 0 Å². The Balaban J connectivity index is 2.23. The first-order valence-corrected chi connectivity index (χ1v) is 6.72. The fraction of sp³-hybridized carbons (Fsp3) is 0.214. The van der Waals surface area contributed by atoms with Crippen LogP contribution >= 0.6 is 15.9 Å². The highest BCUT2D eigenvalue weighted by molar-refractivity contribution is 9.10. The third kappa shape index (κ3) is 3.01. The van der Waals surface area contributed by atoms with Crippen LogP contribution in [0.15, 0.2) is 41.0 Å². The minimum absolute atomic E-state index is 0.867. The van der Waals surface area contributed by atoms with E-state index in [0.29, 0.717) is 0 Å². The van der Waals surface area contributed by atoms with Crippen molar-refractivity contribution in [3.63, 3.8) is 0 Å². The summed E-state index contributed by atoms with van der Waals surface area (Å²) in [5.41, 5.74) is 3.32. The third-order valence-electron chi connectivity index (χ3n) is 2.66. The molecule has 1 aromatic heterocycles. The van der Waals surface area contributed by atoms with Crippen molar-refractivity contribution in [1.82, 2.24) is 4.98 Å². The zero-order chi connectivity index (χ0) is 13.0. The van der Waals surface area contributed by atoms with Crippen LogP contribution in [0.25, 0.3) is 0 Å². The maximum Gasteiger partial charge on any atom is 0.127 e. The summed E-state index contributed by atoms with van der Waals surface area (Å²) in [4.78, 5) is 4.25. The van der Waals surface area contributed by atoms with E-state index in [-0.39, 0.29) is 0 Å². The van der Waals surface area contributed by atoms with E-state index < -0.39 is 0 Å². The Morgan fingerprint density at radius 3 is 2.89 bits per heavy atom. The van der Waals surface area contributed by atoms with E-state index >= 15 is 0 Å². The van der Waals surface area contributed by atoms with E-state index in [1.165, 1.54) is 5.56 Å². The smallest absolute Gasteiger partial charge is 0.127 e. The SMILES string of the molecule is CCNc1cc(Nc2cccc(Br)c2C)ccn1. The van der Waals surface area contributed by atoms with Crippen molar-refractivity contribution < 1.29 is 0 Å². The van der Waals surface area contributed by atoms with Gasteiger partial charge in [-0.3, -0.25) is 0 Å². The van der Waals surface area contributed by atoms with Gasteiger partial charge in [-0.1, -0.05) is 22.0 Å². The number of nitrogens with one attached hydrogen (secondary N) is 2. The van der Waals surface area contributed by atoms with Gasteiger partial charge in [-0.2, -0.15) is 0 Å². The van der Waals surface area contributed by atoms with Gasteiger partial charge in [0.05, 0.1) is 0 Å². The molecule has 2 aromatic rings. The molecule has 0 aliphatic carbocycles. The van der Waals surface area contributed by atoms with Crippen molar-refractivity contribution in [2.45, 2.75) is 13.8 Å². The van der Waals surface area contributed by atoms with Gasteiger partial charge in [0.1, 0.15) is 5.82 Å². The predicted molar refractivity (Wildman–Crippen MR) is 80.6 cm³/mol. The summed E-state index contributed by atoms with van der Waals surface area (Å²) in [5.74, 6) is 0.884. The van der Waals surface area contributed by atoms with Crippen molar-refractivity contribution in [2.24, 2.45) is 0 Å². The zero-order valence-corrected chi connectivity index (χ0v) is 12.1. The molecule has 94 valence electrons. The van der Waals surface area contributed by atoms with E-state index in [2.05, 4.69) is 51.5 Å². The third-order valence-corrected chi connectivity index (χ3v) is 3.52. The van der Waals surface area contributed by atoms with E-state index in [1.54, 1.807) is 6.20 Å². The van der Waals surface area contributed by atoms with Gasteiger partial charge >= 0.3 is 0 Å². The first-order valence-electron chi connectivity index (χ1n) is 5.92. The number of nitrogens with zero attached hydrogens (tertiary/aromatic N) is 1. The van der Waals surface area contributed by atoms with Gasteiger partial charge in [0, 0.05) is 34.7 Å². The van der Waals surface area contributed by atoms with Crippen LogP contribution in [0.1, 0.15) is 12.5 Å². The molecule has 0 unspecified atom stereocenters. The highest BCUT2D eigenvalue weighted by atomic mass is 79.9. The molecule has 1 heterocycles. The number of aromatic nitrogens is 1. The number of rotatable bonds is 4. The fourth-order valence-electron chi connectivity index (χ4n) is 1.68. The Labute approximate surface area is 116 Å². The van der Waals surface area contributed by atoms with Crippen molar-refractivity contribution in [3.05, 3.63) is 46.6 Å². The van der Waals surface area contributed by atoms with Gasteiger partial charge < -0.3 is 10.6 Å². The quantitative estimate of drug-likeness (QED) is 0.883. The second kappa shape index (κ2) is 5.87. The molecule has 0 aliphatic heterocycles. The lowest BCUT2D eigenvalue weighted by molar-refractivity contribution is 1.16. The average molecular weight is 306 g/mol. The monoisotopic (exact) mass is 305 g/mol. The Hall–Kier alpha value is -1.55. The molecular weight excluding hydrogens is 290 g/mol. The largest absolute Gasteiger partial charge is 0.370 e. The normalized spacial score (nSPS) is 10.2. The molecule has 4 heteroatoms. The predicted octanol–water partition coefficient (Wildman–Crippen LogP) is 4.33. The summed E-state index contributed by atoms with van der Waals surface area (Å²) >= 11 is 3.53. The Morgan fingerprint density at radius 1 is 1.28 bits per heavy atom. The van der Waals surface area contributed by atoms with Crippen LogP contribution in [0, 0.1) is 6.92 Å². The van der Waals surface area contributed by atoms with Crippen LogP contribution in [0.3, 0.4) is 0 Å². The molecule has 0 amide bonds. The van der Waals surface area contributed by atoms with Crippen molar-refractivity contribution >= 4 is 33.1 Å². The second-order valence-electron chi connectivity index (χ2n) is 4.00. The molecule has 0 aliphatic rings. The minimum Gasteiger partial charge on any atom is -0.370 e. The van der Waals surface area contributed by atoms with E-state index in [9.17, 15) is 0 Å². The number of hydrogen-bond donors (Lipinski definition) is 2. The molecule has 2 rings (SSSR count). The number of benzene rings is 1. The molecule has 0 fully saturated rings. The minimum atomic E-state index is 0.867. The van der Waals surface area contributed by atoms with Crippen molar-refractivity contribution in [1.29, 1.82) is 0 Å². The lowest BCUT2D eigenvalue weighted by Gasteiger charge is -2.11. The van der Waals surface area contributed by atoms with Gasteiger partial charge in [-0.05, 0) is 37.6 Å². The van der Waals surface area contributed by atoms with Gasteiger partial charge in [0.15, 0.2) is 0 Å². The van der Waals surface area contributed by atoms with Crippen LogP contribution in [-0.4, -0.2) is 11.5 Å². The topological polar surface area (TPSA) is 37.0 Å². The molecule has 0 spiro atoms. The summed E-state index contributed by atoms with van der Waals surface area (Å²) in [6, 6.07) is 10.1. The van der Waals surface area contributed by atoms with Gasteiger partial charge in [-0.25, -0.2) is 4.98 Å².